The first kappa shape index (κ1) is 10.1. The Balaban J connectivity index is 3.35. The van der Waals surface area contributed by atoms with Crippen LogP contribution < -0.4 is 0 Å². The van der Waals surface area contributed by atoms with Gasteiger partial charge in [-0.05, 0) is 12.1 Å². The van der Waals surface area contributed by atoms with E-state index in [0.29, 0.717) is 5.02 Å². The van der Waals surface area contributed by atoms with Gasteiger partial charge in [0.2, 0.25) is 0 Å². The number of aliphatic hydroxyl groups is 1. The second kappa shape index (κ2) is 4.32. The van der Waals surface area contributed by atoms with Gasteiger partial charge >= 0.3 is 0 Å². The van der Waals surface area contributed by atoms with E-state index in [-0.39, 0.29) is 16.9 Å². The quantitative estimate of drug-likeness (QED) is 0.565. The Morgan fingerprint density at radius 2 is 1.79 bits per heavy atom. The lowest BCUT2D eigenvalue weighted by Crippen LogP contribution is -1.88. The van der Waals surface area contributed by atoms with Crippen molar-refractivity contribution in [2.24, 2.45) is 0 Å². The highest BCUT2D eigenvalue weighted by Crippen LogP contribution is 2.23. The maximum atomic E-state index is 9.51. The van der Waals surface area contributed by atoms with Crippen LogP contribution in [0.25, 0.3) is 5.76 Å². The second-order valence-corrected chi connectivity index (χ2v) is 2.83. The van der Waals surface area contributed by atoms with Gasteiger partial charge in [0.15, 0.2) is 11.3 Å². The Morgan fingerprint density at radius 3 is 2.29 bits per heavy atom. The molecule has 1 aromatic rings. The first-order chi connectivity index (χ1) is 6.70. The molecule has 0 bridgehead atoms. The number of benzene rings is 1. The smallest absolute Gasteiger partial charge is 0.171 e. The SMILES string of the molecule is N#CC(C#N)=C(O)c1ccccc1Cl. The summed E-state index contributed by atoms with van der Waals surface area (Å²) in [5.74, 6) is -0.388. The second-order valence-electron chi connectivity index (χ2n) is 2.43. The van der Waals surface area contributed by atoms with Crippen molar-refractivity contribution in [3.63, 3.8) is 0 Å². The molecule has 1 aromatic carbocycles. The van der Waals surface area contributed by atoms with Crippen LogP contribution in [0.4, 0.5) is 0 Å². The fraction of sp³-hybridized carbons (Fsp3) is 0. The molecule has 0 saturated heterocycles. The first-order valence-corrected chi connectivity index (χ1v) is 4.07. The fourth-order valence-electron chi connectivity index (χ4n) is 0.919. The average Bonchev–Trinajstić information content (AvgIpc) is 2.20. The van der Waals surface area contributed by atoms with Crippen LogP contribution in [0.1, 0.15) is 5.56 Å². The van der Waals surface area contributed by atoms with Crippen LogP contribution in [0.5, 0.6) is 0 Å². The summed E-state index contributed by atoms with van der Waals surface area (Å²) in [5, 5.41) is 26.8. The van der Waals surface area contributed by atoms with E-state index in [9.17, 15) is 5.11 Å². The van der Waals surface area contributed by atoms with Gasteiger partial charge in [0.05, 0.1) is 5.02 Å². The molecule has 68 valence electrons. The van der Waals surface area contributed by atoms with Crippen molar-refractivity contribution in [1.82, 2.24) is 0 Å². The fourth-order valence-corrected chi connectivity index (χ4v) is 1.14. The Bertz CT molecular complexity index is 450. The van der Waals surface area contributed by atoms with E-state index >= 15 is 0 Å². The van der Waals surface area contributed by atoms with Crippen LogP contribution in [0.3, 0.4) is 0 Å². The molecule has 3 nitrogen and oxygen atoms in total. The zero-order valence-corrected chi connectivity index (χ0v) is 7.78. The molecule has 0 fully saturated rings. The molecular weight excluding hydrogens is 200 g/mol. The molecule has 0 atom stereocenters. The number of nitriles is 2. The zero-order chi connectivity index (χ0) is 10.6. The highest BCUT2D eigenvalue weighted by Gasteiger charge is 2.09. The van der Waals surface area contributed by atoms with E-state index in [1.807, 2.05) is 0 Å². The lowest BCUT2D eigenvalue weighted by molar-refractivity contribution is 0.510. The van der Waals surface area contributed by atoms with Crippen molar-refractivity contribution in [2.45, 2.75) is 0 Å². The van der Waals surface area contributed by atoms with E-state index < -0.39 is 0 Å². The topological polar surface area (TPSA) is 67.8 Å². The van der Waals surface area contributed by atoms with Crippen LogP contribution in [0.15, 0.2) is 29.8 Å². The summed E-state index contributed by atoms with van der Waals surface area (Å²) in [6.45, 7) is 0. The van der Waals surface area contributed by atoms with E-state index in [0.717, 1.165) is 0 Å². The summed E-state index contributed by atoms with van der Waals surface area (Å²) in [5.41, 5.74) is -0.0645. The van der Waals surface area contributed by atoms with E-state index in [2.05, 4.69) is 0 Å². The van der Waals surface area contributed by atoms with Crippen molar-refractivity contribution in [3.8, 4) is 12.1 Å². The summed E-state index contributed by atoms with van der Waals surface area (Å²) >= 11 is 5.76. The summed E-state index contributed by atoms with van der Waals surface area (Å²) in [4.78, 5) is 0. The van der Waals surface area contributed by atoms with Crippen LogP contribution in [-0.2, 0) is 0 Å². The van der Waals surface area contributed by atoms with Crippen molar-refractivity contribution < 1.29 is 5.11 Å². The van der Waals surface area contributed by atoms with E-state index in [1.54, 1.807) is 30.3 Å². The predicted molar refractivity (Wildman–Crippen MR) is 52.2 cm³/mol. The van der Waals surface area contributed by atoms with Crippen molar-refractivity contribution in [3.05, 3.63) is 40.4 Å². The predicted octanol–water partition coefficient (Wildman–Crippen LogP) is 2.66. The third-order valence-corrected chi connectivity index (χ3v) is 1.92. The maximum Gasteiger partial charge on any atom is 0.171 e. The average molecular weight is 205 g/mol. The molecule has 0 saturated carbocycles. The normalized spacial score (nSPS) is 8.50. The van der Waals surface area contributed by atoms with E-state index in [4.69, 9.17) is 22.1 Å². The minimum atomic E-state index is -0.388. The van der Waals surface area contributed by atoms with Crippen LogP contribution in [0.2, 0.25) is 5.02 Å². The van der Waals surface area contributed by atoms with Crippen molar-refractivity contribution in [1.29, 1.82) is 10.5 Å². The molecule has 0 aliphatic heterocycles. The van der Waals surface area contributed by atoms with Gasteiger partial charge in [0, 0.05) is 5.56 Å². The van der Waals surface area contributed by atoms with Crippen LogP contribution in [-0.4, -0.2) is 5.11 Å². The van der Waals surface area contributed by atoms with Crippen molar-refractivity contribution in [2.75, 3.05) is 0 Å². The van der Waals surface area contributed by atoms with Gasteiger partial charge in [-0.3, -0.25) is 0 Å². The Hall–Kier alpha value is -1.97. The number of hydrogen-bond acceptors (Lipinski definition) is 3. The van der Waals surface area contributed by atoms with Gasteiger partial charge < -0.3 is 5.11 Å². The molecule has 14 heavy (non-hydrogen) atoms. The van der Waals surface area contributed by atoms with Gasteiger partial charge in [-0.1, -0.05) is 23.7 Å². The van der Waals surface area contributed by atoms with Crippen LogP contribution in [0, 0.1) is 22.7 Å². The molecular formula is C10H5ClN2O. The molecule has 0 heterocycles. The van der Waals surface area contributed by atoms with Gasteiger partial charge in [-0.15, -0.1) is 0 Å². The maximum absolute atomic E-state index is 9.51. The zero-order valence-electron chi connectivity index (χ0n) is 7.03. The van der Waals surface area contributed by atoms with Gasteiger partial charge in [-0.25, -0.2) is 0 Å². The van der Waals surface area contributed by atoms with Gasteiger partial charge in [0.1, 0.15) is 12.1 Å². The minimum absolute atomic E-state index is 0.285. The summed E-state index contributed by atoms with van der Waals surface area (Å²) in [6, 6.07) is 9.63. The van der Waals surface area contributed by atoms with Gasteiger partial charge in [0.25, 0.3) is 0 Å². The number of aliphatic hydroxyl groups excluding tert-OH is 1. The number of halogens is 1. The lowest BCUT2D eigenvalue weighted by Gasteiger charge is -2.01. The molecule has 0 aliphatic rings. The van der Waals surface area contributed by atoms with E-state index in [1.165, 1.54) is 6.07 Å². The molecule has 0 radical (unpaired) electrons. The molecule has 4 heteroatoms. The highest BCUT2D eigenvalue weighted by molar-refractivity contribution is 6.32. The Kier molecular flexibility index (Phi) is 3.12. The van der Waals surface area contributed by atoms with Gasteiger partial charge in [-0.2, -0.15) is 10.5 Å². The molecule has 0 amide bonds. The molecule has 0 aromatic heterocycles. The molecule has 0 unspecified atom stereocenters. The summed E-state index contributed by atoms with van der Waals surface area (Å²) in [6.07, 6.45) is 0. The summed E-state index contributed by atoms with van der Waals surface area (Å²) < 4.78 is 0. The Labute approximate surface area is 86.1 Å². The number of nitrogens with zero attached hydrogens (tertiary/aromatic N) is 2. The number of allylic oxidation sites excluding steroid dienone is 1. The first-order valence-electron chi connectivity index (χ1n) is 3.69. The van der Waals surface area contributed by atoms with Crippen molar-refractivity contribution >= 4 is 17.4 Å². The third-order valence-electron chi connectivity index (χ3n) is 1.59. The highest BCUT2D eigenvalue weighted by atomic mass is 35.5. The Morgan fingerprint density at radius 1 is 1.21 bits per heavy atom. The summed E-state index contributed by atoms with van der Waals surface area (Å²) in [7, 11) is 0. The number of rotatable bonds is 1. The molecule has 0 spiro atoms. The molecule has 0 aliphatic carbocycles. The third kappa shape index (κ3) is 1.85. The largest absolute Gasteiger partial charge is 0.505 e. The van der Waals surface area contributed by atoms with Crippen LogP contribution >= 0.6 is 11.6 Å². The minimum Gasteiger partial charge on any atom is -0.505 e. The standard InChI is InChI=1S/C10H5ClN2O/c11-9-4-2-1-3-8(9)10(14)7(5-12)6-13/h1-4,14H. The monoisotopic (exact) mass is 204 g/mol. The molecule has 1 rings (SSSR count). The number of hydrogen-bond donors (Lipinski definition) is 1. The molecule has 1 N–H and O–H groups in total. The lowest BCUT2D eigenvalue weighted by atomic mass is 10.1.